The molecular formula is C8H15NO3. The molecule has 2 N–H and O–H groups in total. The molecule has 1 rings (SSSR count). The van der Waals surface area contributed by atoms with Crippen LogP contribution in [0.3, 0.4) is 0 Å². The van der Waals surface area contributed by atoms with E-state index in [0.29, 0.717) is 18.7 Å². The van der Waals surface area contributed by atoms with E-state index in [2.05, 4.69) is 5.32 Å². The van der Waals surface area contributed by atoms with Crippen molar-refractivity contribution in [2.75, 3.05) is 13.7 Å². The number of hydrogen-bond acceptors (Lipinski definition) is 3. The zero-order chi connectivity index (χ0) is 8.97. The molecule has 1 aliphatic rings. The molecule has 0 atom stereocenters. The Hall–Kier alpha value is -0.610. The molecule has 0 heterocycles. The van der Waals surface area contributed by atoms with Crippen molar-refractivity contribution in [1.82, 2.24) is 5.32 Å². The second-order valence-corrected chi connectivity index (χ2v) is 3.12. The minimum absolute atomic E-state index is 0.203. The number of ether oxygens (including phenoxy) is 1. The van der Waals surface area contributed by atoms with E-state index in [4.69, 9.17) is 9.84 Å². The van der Waals surface area contributed by atoms with Crippen molar-refractivity contribution in [2.24, 2.45) is 0 Å². The number of rotatable bonds is 5. The lowest BCUT2D eigenvalue weighted by Crippen LogP contribution is -2.45. The summed E-state index contributed by atoms with van der Waals surface area (Å²) in [5, 5.41) is 11.5. The van der Waals surface area contributed by atoms with Crippen molar-refractivity contribution in [3.05, 3.63) is 0 Å². The maximum Gasteiger partial charge on any atom is 0.304 e. The summed E-state index contributed by atoms with van der Waals surface area (Å²) < 4.78 is 5.09. The normalized spacial score (nSPS) is 28.1. The number of carboxylic acid groups (broad SMARTS) is 1. The first-order chi connectivity index (χ1) is 5.72. The van der Waals surface area contributed by atoms with Crippen molar-refractivity contribution in [1.29, 1.82) is 0 Å². The molecule has 0 unspecified atom stereocenters. The molecule has 0 spiro atoms. The minimum atomic E-state index is -0.745. The predicted octanol–water partition coefficient (Wildman–Crippen LogP) is 0.228. The summed E-state index contributed by atoms with van der Waals surface area (Å²) in [7, 11) is 1.71. The highest BCUT2D eigenvalue weighted by Crippen LogP contribution is 2.22. The molecule has 1 aliphatic carbocycles. The van der Waals surface area contributed by atoms with Gasteiger partial charge in [0.15, 0.2) is 0 Å². The van der Waals surface area contributed by atoms with Crippen LogP contribution in [0.1, 0.15) is 19.3 Å². The van der Waals surface area contributed by atoms with Gasteiger partial charge in [-0.2, -0.15) is 0 Å². The highest BCUT2D eigenvalue weighted by molar-refractivity contribution is 5.66. The molecular weight excluding hydrogens is 158 g/mol. The zero-order valence-corrected chi connectivity index (χ0v) is 7.25. The van der Waals surface area contributed by atoms with Crippen molar-refractivity contribution in [3.63, 3.8) is 0 Å². The van der Waals surface area contributed by atoms with Gasteiger partial charge in [-0.3, -0.25) is 4.79 Å². The van der Waals surface area contributed by atoms with Gasteiger partial charge < -0.3 is 15.2 Å². The lowest BCUT2D eigenvalue weighted by molar-refractivity contribution is -0.136. The van der Waals surface area contributed by atoms with Gasteiger partial charge in [0.05, 0.1) is 12.5 Å². The van der Waals surface area contributed by atoms with E-state index >= 15 is 0 Å². The lowest BCUT2D eigenvalue weighted by atomic mass is 9.89. The van der Waals surface area contributed by atoms with E-state index in [1.165, 1.54) is 0 Å². The first kappa shape index (κ1) is 9.48. The number of aliphatic carboxylic acids is 1. The van der Waals surface area contributed by atoms with E-state index in [0.717, 1.165) is 12.8 Å². The Morgan fingerprint density at radius 2 is 2.33 bits per heavy atom. The fourth-order valence-electron chi connectivity index (χ4n) is 1.31. The average Bonchev–Trinajstić information content (AvgIpc) is 1.93. The van der Waals surface area contributed by atoms with Gasteiger partial charge in [-0.15, -0.1) is 0 Å². The van der Waals surface area contributed by atoms with Crippen molar-refractivity contribution < 1.29 is 14.6 Å². The van der Waals surface area contributed by atoms with Crippen LogP contribution in [-0.4, -0.2) is 36.9 Å². The van der Waals surface area contributed by atoms with Gasteiger partial charge in [0, 0.05) is 19.7 Å². The van der Waals surface area contributed by atoms with Crippen molar-refractivity contribution in [2.45, 2.75) is 31.4 Å². The molecule has 0 saturated heterocycles. The number of methoxy groups -OCH3 is 1. The molecule has 0 aromatic heterocycles. The Morgan fingerprint density at radius 1 is 1.67 bits per heavy atom. The number of carbonyl (C=O) groups is 1. The quantitative estimate of drug-likeness (QED) is 0.624. The van der Waals surface area contributed by atoms with Crippen LogP contribution in [0.15, 0.2) is 0 Å². The lowest BCUT2D eigenvalue weighted by Gasteiger charge is -2.34. The van der Waals surface area contributed by atoms with Crippen LogP contribution in [0.4, 0.5) is 0 Å². The van der Waals surface area contributed by atoms with E-state index < -0.39 is 5.97 Å². The molecule has 0 bridgehead atoms. The van der Waals surface area contributed by atoms with Crippen LogP contribution in [-0.2, 0) is 9.53 Å². The molecule has 4 heteroatoms. The first-order valence-electron chi connectivity index (χ1n) is 4.20. The van der Waals surface area contributed by atoms with Crippen LogP contribution < -0.4 is 5.32 Å². The second kappa shape index (κ2) is 4.42. The molecule has 70 valence electrons. The Bertz CT molecular complexity index is 154. The third-order valence-electron chi connectivity index (χ3n) is 2.20. The topological polar surface area (TPSA) is 58.6 Å². The van der Waals surface area contributed by atoms with Crippen LogP contribution in [0.5, 0.6) is 0 Å². The summed E-state index contributed by atoms with van der Waals surface area (Å²) in [5.74, 6) is -0.745. The standard InChI is InChI=1S/C8H15NO3/c1-12-7-4-6(5-7)9-3-2-8(10)11/h6-7,9H,2-5H2,1H3,(H,10,11). The predicted molar refractivity (Wildman–Crippen MR) is 44.1 cm³/mol. The van der Waals surface area contributed by atoms with Crippen LogP contribution in [0.25, 0.3) is 0 Å². The van der Waals surface area contributed by atoms with Crippen LogP contribution >= 0.6 is 0 Å². The van der Waals surface area contributed by atoms with Crippen LogP contribution in [0.2, 0.25) is 0 Å². The SMILES string of the molecule is COC1CC(NCCC(=O)O)C1. The van der Waals surface area contributed by atoms with E-state index in [1.54, 1.807) is 7.11 Å². The van der Waals surface area contributed by atoms with Crippen molar-refractivity contribution in [3.8, 4) is 0 Å². The summed E-state index contributed by atoms with van der Waals surface area (Å²) in [6.45, 7) is 0.566. The highest BCUT2D eigenvalue weighted by atomic mass is 16.5. The summed E-state index contributed by atoms with van der Waals surface area (Å²) in [6.07, 6.45) is 2.60. The Labute approximate surface area is 71.9 Å². The molecule has 12 heavy (non-hydrogen) atoms. The van der Waals surface area contributed by atoms with Gasteiger partial charge in [-0.05, 0) is 12.8 Å². The largest absolute Gasteiger partial charge is 0.481 e. The van der Waals surface area contributed by atoms with E-state index in [1.807, 2.05) is 0 Å². The molecule has 0 aliphatic heterocycles. The Kier molecular flexibility index (Phi) is 3.49. The van der Waals surface area contributed by atoms with Gasteiger partial charge in [0.25, 0.3) is 0 Å². The molecule has 0 amide bonds. The summed E-state index contributed by atoms with van der Waals surface area (Å²) >= 11 is 0. The third kappa shape index (κ3) is 2.79. The highest BCUT2D eigenvalue weighted by Gasteiger charge is 2.28. The van der Waals surface area contributed by atoms with E-state index in [-0.39, 0.29) is 6.42 Å². The Morgan fingerprint density at radius 3 is 2.83 bits per heavy atom. The number of nitrogens with one attached hydrogen (secondary N) is 1. The number of carboxylic acids is 1. The molecule has 4 nitrogen and oxygen atoms in total. The smallest absolute Gasteiger partial charge is 0.304 e. The summed E-state index contributed by atoms with van der Waals surface area (Å²) in [6, 6.07) is 0.467. The first-order valence-corrected chi connectivity index (χ1v) is 4.20. The van der Waals surface area contributed by atoms with Crippen molar-refractivity contribution >= 4 is 5.97 Å². The fourth-order valence-corrected chi connectivity index (χ4v) is 1.31. The maximum atomic E-state index is 10.1. The van der Waals surface area contributed by atoms with Gasteiger partial charge in [0.2, 0.25) is 0 Å². The van der Waals surface area contributed by atoms with Gasteiger partial charge in [-0.25, -0.2) is 0 Å². The average molecular weight is 173 g/mol. The molecule has 1 saturated carbocycles. The fraction of sp³-hybridized carbons (Fsp3) is 0.875. The Balaban J connectivity index is 1.93. The van der Waals surface area contributed by atoms with Gasteiger partial charge >= 0.3 is 5.97 Å². The minimum Gasteiger partial charge on any atom is -0.481 e. The molecule has 0 aromatic rings. The monoisotopic (exact) mass is 173 g/mol. The molecule has 0 aromatic carbocycles. The molecule has 0 radical (unpaired) electrons. The zero-order valence-electron chi connectivity index (χ0n) is 7.25. The summed E-state index contributed by atoms with van der Waals surface area (Å²) in [5.41, 5.74) is 0. The second-order valence-electron chi connectivity index (χ2n) is 3.12. The summed E-state index contributed by atoms with van der Waals surface area (Å²) in [4.78, 5) is 10.1. The molecule has 1 fully saturated rings. The van der Waals surface area contributed by atoms with Crippen LogP contribution in [0, 0.1) is 0 Å². The van der Waals surface area contributed by atoms with Gasteiger partial charge in [-0.1, -0.05) is 0 Å². The van der Waals surface area contributed by atoms with Gasteiger partial charge in [0.1, 0.15) is 0 Å². The number of hydrogen-bond donors (Lipinski definition) is 2. The third-order valence-corrected chi connectivity index (χ3v) is 2.20. The van der Waals surface area contributed by atoms with E-state index in [9.17, 15) is 4.79 Å². The maximum absolute atomic E-state index is 10.1.